The Morgan fingerprint density at radius 1 is 1.30 bits per heavy atom. The predicted octanol–water partition coefficient (Wildman–Crippen LogP) is 3.64. The molecule has 1 fully saturated rings. The summed E-state index contributed by atoms with van der Waals surface area (Å²) < 4.78 is 0. The number of phenolic OH excluding ortho intramolecular Hbond substituents is 1. The lowest BCUT2D eigenvalue weighted by Crippen LogP contribution is -2.45. The third-order valence-electron chi connectivity index (χ3n) is 3.50. The molecule has 1 atom stereocenters. The summed E-state index contributed by atoms with van der Waals surface area (Å²) in [5.41, 5.74) is 0.964. The average Bonchev–Trinajstić information content (AvgIpc) is 2.40. The van der Waals surface area contributed by atoms with Crippen molar-refractivity contribution in [2.45, 2.75) is 25.8 Å². The van der Waals surface area contributed by atoms with Gasteiger partial charge in [-0.1, -0.05) is 24.9 Å². The van der Waals surface area contributed by atoms with Gasteiger partial charge < -0.3 is 10.4 Å². The van der Waals surface area contributed by atoms with Crippen molar-refractivity contribution in [3.63, 3.8) is 0 Å². The lowest BCUT2D eigenvalue weighted by atomic mass is 9.99. The Morgan fingerprint density at radius 3 is 2.55 bits per heavy atom. The van der Waals surface area contributed by atoms with Gasteiger partial charge in [0.05, 0.1) is 0 Å². The van der Waals surface area contributed by atoms with E-state index in [4.69, 9.17) is 11.6 Å². The van der Waals surface area contributed by atoms with Gasteiger partial charge in [-0.25, -0.2) is 0 Å². The van der Waals surface area contributed by atoms with Crippen molar-refractivity contribution in [2.75, 3.05) is 26.2 Å². The third kappa shape index (κ3) is 4.97. The Bertz CT molecular complexity index is 398. The minimum Gasteiger partial charge on any atom is -0.508 e. The van der Waals surface area contributed by atoms with Crippen LogP contribution in [-0.4, -0.2) is 36.2 Å². The summed E-state index contributed by atoms with van der Waals surface area (Å²) in [4.78, 5) is 2.44. The largest absolute Gasteiger partial charge is 0.508 e. The van der Waals surface area contributed by atoms with Crippen molar-refractivity contribution < 1.29 is 5.11 Å². The third-order valence-corrected chi connectivity index (χ3v) is 3.74. The zero-order valence-electron chi connectivity index (χ0n) is 11.6. The zero-order valence-corrected chi connectivity index (χ0v) is 14.0. The van der Waals surface area contributed by atoms with Gasteiger partial charge in [0.1, 0.15) is 5.75 Å². The topological polar surface area (TPSA) is 35.5 Å². The number of nitrogens with zero attached hydrogens (tertiary/aromatic N) is 1. The molecule has 0 spiro atoms. The Labute approximate surface area is 138 Å². The second kappa shape index (κ2) is 9.69. The fraction of sp³-hybridized carbons (Fsp3) is 0.571. The maximum absolute atomic E-state index is 10.1. The molecule has 1 heterocycles. The van der Waals surface area contributed by atoms with Crippen molar-refractivity contribution in [3.05, 3.63) is 28.8 Å². The summed E-state index contributed by atoms with van der Waals surface area (Å²) in [6.45, 7) is 6.26. The van der Waals surface area contributed by atoms with E-state index in [2.05, 4.69) is 17.1 Å². The number of rotatable bonds is 4. The summed E-state index contributed by atoms with van der Waals surface area (Å²) in [7, 11) is 0. The van der Waals surface area contributed by atoms with E-state index in [0.717, 1.165) is 44.6 Å². The van der Waals surface area contributed by atoms with Gasteiger partial charge in [0.2, 0.25) is 0 Å². The molecule has 0 aliphatic carbocycles. The van der Waals surface area contributed by atoms with Crippen LogP contribution in [0.1, 0.15) is 31.4 Å². The smallest absolute Gasteiger partial charge is 0.120 e. The first-order valence-electron chi connectivity index (χ1n) is 6.65. The monoisotopic (exact) mass is 340 g/mol. The molecule has 0 amide bonds. The van der Waals surface area contributed by atoms with E-state index >= 15 is 0 Å². The molecule has 1 saturated heterocycles. The van der Waals surface area contributed by atoms with Crippen molar-refractivity contribution in [2.24, 2.45) is 0 Å². The molecule has 6 heteroatoms. The van der Waals surface area contributed by atoms with E-state index < -0.39 is 0 Å². The van der Waals surface area contributed by atoms with Gasteiger partial charge in [-0.15, -0.1) is 24.8 Å². The fourth-order valence-electron chi connectivity index (χ4n) is 2.59. The fourth-order valence-corrected chi connectivity index (χ4v) is 2.77. The maximum Gasteiger partial charge on any atom is 0.120 e. The molecule has 3 nitrogen and oxygen atoms in total. The van der Waals surface area contributed by atoms with Crippen molar-refractivity contribution in [1.82, 2.24) is 10.2 Å². The number of nitrogens with one attached hydrogen (secondary N) is 1. The summed E-state index contributed by atoms with van der Waals surface area (Å²) in [5, 5.41) is 14.1. The Balaban J connectivity index is 0.00000180. The number of aromatic hydroxyl groups is 1. The Kier molecular flexibility index (Phi) is 9.60. The highest BCUT2D eigenvalue weighted by Gasteiger charge is 2.23. The van der Waals surface area contributed by atoms with Crippen molar-refractivity contribution in [1.29, 1.82) is 0 Å². The van der Waals surface area contributed by atoms with Crippen LogP contribution in [0.25, 0.3) is 0 Å². The Hall–Kier alpha value is -0.190. The molecule has 116 valence electrons. The van der Waals surface area contributed by atoms with E-state index in [0.29, 0.717) is 10.8 Å². The van der Waals surface area contributed by atoms with Gasteiger partial charge in [0, 0.05) is 42.8 Å². The van der Waals surface area contributed by atoms with Crippen LogP contribution in [-0.2, 0) is 0 Å². The van der Waals surface area contributed by atoms with Crippen LogP contribution in [0.3, 0.4) is 0 Å². The summed E-state index contributed by atoms with van der Waals surface area (Å²) >= 11 is 6.06. The van der Waals surface area contributed by atoms with Crippen LogP contribution in [0, 0.1) is 0 Å². The van der Waals surface area contributed by atoms with Crippen LogP contribution in [0.15, 0.2) is 18.2 Å². The molecule has 1 aromatic carbocycles. The summed E-state index contributed by atoms with van der Waals surface area (Å²) in [5.74, 6) is 0.358. The van der Waals surface area contributed by atoms with Crippen LogP contribution in [0.2, 0.25) is 5.02 Å². The number of hydrogen-bond donors (Lipinski definition) is 2. The van der Waals surface area contributed by atoms with Gasteiger partial charge >= 0.3 is 0 Å². The minimum atomic E-state index is 0. The highest BCUT2D eigenvalue weighted by molar-refractivity contribution is 6.30. The van der Waals surface area contributed by atoms with Gasteiger partial charge in [-0.2, -0.15) is 0 Å². The number of halogens is 3. The predicted molar refractivity (Wildman–Crippen MR) is 89.7 cm³/mol. The van der Waals surface area contributed by atoms with E-state index in [1.165, 1.54) is 0 Å². The molecule has 0 radical (unpaired) electrons. The van der Waals surface area contributed by atoms with Crippen LogP contribution in [0.4, 0.5) is 0 Å². The van der Waals surface area contributed by atoms with Crippen LogP contribution in [0.5, 0.6) is 5.75 Å². The molecule has 1 aliphatic rings. The molecule has 2 rings (SSSR count). The molecule has 1 aliphatic heterocycles. The highest BCUT2D eigenvalue weighted by Crippen LogP contribution is 2.34. The van der Waals surface area contributed by atoms with E-state index in [-0.39, 0.29) is 30.9 Å². The first-order valence-corrected chi connectivity index (χ1v) is 7.03. The van der Waals surface area contributed by atoms with Crippen LogP contribution >= 0.6 is 36.4 Å². The second-order valence-corrected chi connectivity index (χ2v) is 5.23. The lowest BCUT2D eigenvalue weighted by Gasteiger charge is -2.35. The van der Waals surface area contributed by atoms with Gasteiger partial charge in [0.15, 0.2) is 0 Å². The first-order chi connectivity index (χ1) is 8.72. The quantitative estimate of drug-likeness (QED) is 0.877. The molecule has 0 bridgehead atoms. The van der Waals surface area contributed by atoms with E-state index in [1.54, 1.807) is 12.1 Å². The standard InChI is InChI=1S/C14H21ClN2O.2ClH/c1-2-3-13(17-8-6-16-7-9-17)12-10-11(15)4-5-14(12)18;;/h4-5,10,13,16,18H,2-3,6-9H2,1H3;2*1H/t13-;;/m1../s1. The Morgan fingerprint density at radius 2 is 1.95 bits per heavy atom. The normalized spacial score (nSPS) is 16.9. The zero-order chi connectivity index (χ0) is 13.0. The molecule has 0 saturated carbocycles. The maximum atomic E-state index is 10.1. The summed E-state index contributed by atoms with van der Waals surface area (Å²) in [6, 6.07) is 5.61. The second-order valence-electron chi connectivity index (χ2n) is 4.79. The lowest BCUT2D eigenvalue weighted by molar-refractivity contribution is 0.162. The van der Waals surface area contributed by atoms with E-state index in [1.807, 2.05) is 6.07 Å². The van der Waals surface area contributed by atoms with Crippen LogP contribution < -0.4 is 5.32 Å². The van der Waals surface area contributed by atoms with Gasteiger partial charge in [-0.3, -0.25) is 4.90 Å². The molecule has 0 unspecified atom stereocenters. The SMILES string of the molecule is CCC[C@H](c1cc(Cl)ccc1O)N1CCNCC1.Cl.Cl. The summed E-state index contributed by atoms with van der Waals surface area (Å²) in [6.07, 6.45) is 2.15. The van der Waals surface area contributed by atoms with Crippen molar-refractivity contribution in [3.8, 4) is 5.75 Å². The number of phenols is 1. The van der Waals surface area contributed by atoms with Gasteiger partial charge in [0.25, 0.3) is 0 Å². The molecule has 1 aromatic rings. The molecule has 0 aromatic heterocycles. The first kappa shape index (κ1) is 19.8. The minimum absolute atomic E-state index is 0. The molecular weight excluding hydrogens is 319 g/mol. The molecule has 20 heavy (non-hydrogen) atoms. The van der Waals surface area contributed by atoms with E-state index in [9.17, 15) is 5.11 Å². The average molecular weight is 342 g/mol. The van der Waals surface area contributed by atoms with Gasteiger partial charge in [-0.05, 0) is 24.6 Å². The molecule has 2 N–H and O–H groups in total. The number of hydrogen-bond acceptors (Lipinski definition) is 3. The van der Waals surface area contributed by atoms with Crippen molar-refractivity contribution >= 4 is 36.4 Å². The highest BCUT2D eigenvalue weighted by atomic mass is 35.5. The number of piperazine rings is 1. The number of benzene rings is 1. The molecular formula is C14H23Cl3N2O.